The van der Waals surface area contributed by atoms with Crippen LogP contribution in [0.2, 0.25) is 0 Å². The van der Waals surface area contributed by atoms with Gasteiger partial charge in [0.15, 0.2) is 0 Å². The zero-order valence-electron chi connectivity index (χ0n) is 11.6. The van der Waals surface area contributed by atoms with E-state index in [0.717, 1.165) is 0 Å². The average Bonchev–Trinajstić information content (AvgIpc) is 2.34. The van der Waals surface area contributed by atoms with E-state index in [0.29, 0.717) is 12.8 Å². The summed E-state index contributed by atoms with van der Waals surface area (Å²) in [5.74, 6) is -1.50. The summed E-state index contributed by atoms with van der Waals surface area (Å²) in [4.78, 5) is 11.6. The summed E-state index contributed by atoms with van der Waals surface area (Å²) in [5, 5.41) is 3.14. The van der Waals surface area contributed by atoms with E-state index >= 15 is 0 Å². The van der Waals surface area contributed by atoms with Crippen molar-refractivity contribution in [2.24, 2.45) is 11.8 Å². The van der Waals surface area contributed by atoms with Gasteiger partial charge in [0.1, 0.15) is 6.04 Å². The molecule has 1 N–H and O–H groups in total. The second-order valence-electron chi connectivity index (χ2n) is 5.50. The fourth-order valence-corrected chi connectivity index (χ4v) is 2.50. The van der Waals surface area contributed by atoms with Crippen LogP contribution in [0, 0.1) is 11.8 Å². The second kappa shape index (κ2) is 6.59. The monoisotopic (exact) mass is 281 g/mol. The van der Waals surface area contributed by atoms with Gasteiger partial charge in [-0.05, 0) is 31.6 Å². The van der Waals surface area contributed by atoms with Crippen LogP contribution in [0.15, 0.2) is 0 Å². The molecule has 0 aliphatic heterocycles. The Morgan fingerprint density at radius 3 is 2.11 bits per heavy atom. The number of carbonyl (C=O) groups excluding carboxylic acids is 1. The fourth-order valence-electron chi connectivity index (χ4n) is 2.50. The SMILES string of the molecule is COC(=O)[C@@H](NC1CCC(C(F)(F)F)CC1)C(C)C. The summed E-state index contributed by atoms with van der Waals surface area (Å²) in [6, 6.07) is -0.484. The smallest absolute Gasteiger partial charge is 0.391 e. The highest BCUT2D eigenvalue weighted by Gasteiger charge is 2.41. The lowest BCUT2D eigenvalue weighted by atomic mass is 9.85. The molecule has 0 aromatic heterocycles. The van der Waals surface area contributed by atoms with E-state index in [4.69, 9.17) is 4.74 Å². The number of carbonyl (C=O) groups is 1. The van der Waals surface area contributed by atoms with Crippen molar-refractivity contribution in [2.75, 3.05) is 7.11 Å². The lowest BCUT2D eigenvalue weighted by Crippen LogP contribution is -2.48. The van der Waals surface area contributed by atoms with E-state index in [1.165, 1.54) is 7.11 Å². The van der Waals surface area contributed by atoms with Crippen molar-refractivity contribution in [3.05, 3.63) is 0 Å². The molecule has 6 heteroatoms. The summed E-state index contributed by atoms with van der Waals surface area (Å²) in [6.45, 7) is 3.77. The second-order valence-corrected chi connectivity index (χ2v) is 5.50. The van der Waals surface area contributed by atoms with Crippen LogP contribution in [0.3, 0.4) is 0 Å². The molecule has 1 aliphatic carbocycles. The zero-order valence-corrected chi connectivity index (χ0v) is 11.6. The number of ether oxygens (including phenoxy) is 1. The minimum atomic E-state index is -4.09. The Bertz CT molecular complexity index is 297. The van der Waals surface area contributed by atoms with Gasteiger partial charge in [0.05, 0.1) is 13.0 Å². The minimum absolute atomic E-state index is 0.0369. The number of hydrogen-bond acceptors (Lipinski definition) is 3. The Hall–Kier alpha value is -0.780. The Balaban J connectivity index is 2.49. The number of alkyl halides is 3. The first-order valence-corrected chi connectivity index (χ1v) is 6.66. The molecule has 1 rings (SSSR count). The van der Waals surface area contributed by atoms with Gasteiger partial charge < -0.3 is 10.1 Å². The van der Waals surface area contributed by atoms with E-state index in [9.17, 15) is 18.0 Å². The molecule has 0 aromatic rings. The van der Waals surface area contributed by atoms with Crippen LogP contribution < -0.4 is 5.32 Å². The van der Waals surface area contributed by atoms with Gasteiger partial charge in [-0.2, -0.15) is 13.2 Å². The maximum atomic E-state index is 12.5. The van der Waals surface area contributed by atoms with E-state index in [1.54, 1.807) is 0 Å². The van der Waals surface area contributed by atoms with Crippen LogP contribution in [0.25, 0.3) is 0 Å². The molecule has 1 fully saturated rings. The Morgan fingerprint density at radius 2 is 1.74 bits per heavy atom. The van der Waals surface area contributed by atoms with Crippen LogP contribution >= 0.6 is 0 Å². The lowest BCUT2D eigenvalue weighted by Gasteiger charge is -2.33. The molecule has 1 saturated carbocycles. The molecule has 0 bridgehead atoms. The van der Waals surface area contributed by atoms with Gasteiger partial charge in [0, 0.05) is 6.04 Å². The Morgan fingerprint density at radius 1 is 1.21 bits per heavy atom. The maximum Gasteiger partial charge on any atom is 0.391 e. The topological polar surface area (TPSA) is 38.3 Å². The van der Waals surface area contributed by atoms with Crippen molar-refractivity contribution >= 4 is 5.97 Å². The molecule has 112 valence electrons. The van der Waals surface area contributed by atoms with E-state index in [1.807, 2.05) is 13.8 Å². The summed E-state index contributed by atoms with van der Waals surface area (Å²) >= 11 is 0. The van der Waals surface area contributed by atoms with Crippen molar-refractivity contribution in [3.8, 4) is 0 Å². The third kappa shape index (κ3) is 4.67. The van der Waals surface area contributed by atoms with Gasteiger partial charge in [-0.15, -0.1) is 0 Å². The van der Waals surface area contributed by atoms with E-state index in [2.05, 4.69) is 5.32 Å². The first-order chi connectivity index (χ1) is 8.75. The van der Waals surface area contributed by atoms with Crippen molar-refractivity contribution in [1.82, 2.24) is 5.32 Å². The highest BCUT2D eigenvalue weighted by molar-refractivity contribution is 5.75. The first-order valence-electron chi connectivity index (χ1n) is 6.66. The number of esters is 1. The predicted molar refractivity (Wildman–Crippen MR) is 65.6 cm³/mol. The summed E-state index contributed by atoms with van der Waals surface area (Å²) in [6.07, 6.45) is -2.93. The van der Waals surface area contributed by atoms with E-state index in [-0.39, 0.29) is 30.8 Å². The molecule has 0 aromatic carbocycles. The standard InChI is InChI=1S/C13H22F3NO2/c1-8(2)11(12(18)19-3)17-10-6-4-9(5-7-10)13(14,15)16/h8-11,17H,4-7H2,1-3H3/t9?,10?,11-/m0/s1. The number of hydrogen-bond donors (Lipinski definition) is 1. The molecule has 0 amide bonds. The van der Waals surface area contributed by atoms with Gasteiger partial charge in [-0.25, -0.2) is 0 Å². The third-order valence-corrected chi connectivity index (χ3v) is 3.73. The Labute approximate surface area is 111 Å². The molecule has 19 heavy (non-hydrogen) atoms. The Kier molecular flexibility index (Phi) is 5.64. The highest BCUT2D eigenvalue weighted by Crippen LogP contribution is 2.37. The molecule has 3 nitrogen and oxygen atoms in total. The lowest BCUT2D eigenvalue weighted by molar-refractivity contribution is -0.183. The van der Waals surface area contributed by atoms with Gasteiger partial charge >= 0.3 is 12.1 Å². The average molecular weight is 281 g/mol. The first kappa shape index (κ1) is 16.3. The molecule has 1 aliphatic rings. The van der Waals surface area contributed by atoms with Crippen LogP contribution in [0.4, 0.5) is 13.2 Å². The fraction of sp³-hybridized carbons (Fsp3) is 0.923. The van der Waals surface area contributed by atoms with Crippen LogP contribution in [0.1, 0.15) is 39.5 Å². The van der Waals surface area contributed by atoms with Crippen molar-refractivity contribution in [3.63, 3.8) is 0 Å². The molecule has 0 unspecified atom stereocenters. The number of methoxy groups -OCH3 is 1. The van der Waals surface area contributed by atoms with Crippen LogP contribution in [-0.4, -0.2) is 31.3 Å². The minimum Gasteiger partial charge on any atom is -0.468 e. The third-order valence-electron chi connectivity index (χ3n) is 3.73. The molecule has 0 spiro atoms. The number of halogens is 3. The van der Waals surface area contributed by atoms with Crippen LogP contribution in [-0.2, 0) is 9.53 Å². The van der Waals surface area contributed by atoms with Gasteiger partial charge in [-0.1, -0.05) is 13.8 Å². The van der Waals surface area contributed by atoms with Crippen molar-refractivity contribution in [2.45, 2.75) is 57.8 Å². The quantitative estimate of drug-likeness (QED) is 0.805. The largest absolute Gasteiger partial charge is 0.468 e. The van der Waals surface area contributed by atoms with Gasteiger partial charge in [0.25, 0.3) is 0 Å². The van der Waals surface area contributed by atoms with Crippen molar-refractivity contribution < 1.29 is 22.7 Å². The zero-order chi connectivity index (χ0) is 14.6. The van der Waals surface area contributed by atoms with Gasteiger partial charge in [-0.3, -0.25) is 4.79 Å². The van der Waals surface area contributed by atoms with Crippen molar-refractivity contribution in [1.29, 1.82) is 0 Å². The van der Waals surface area contributed by atoms with Crippen LogP contribution in [0.5, 0.6) is 0 Å². The highest BCUT2D eigenvalue weighted by atomic mass is 19.4. The predicted octanol–water partition coefficient (Wildman–Crippen LogP) is 2.89. The maximum absolute atomic E-state index is 12.5. The molecular weight excluding hydrogens is 259 g/mol. The summed E-state index contributed by atoms with van der Waals surface area (Å²) < 4.78 is 42.4. The molecular formula is C13H22F3NO2. The number of nitrogens with one attached hydrogen (secondary N) is 1. The summed E-state index contributed by atoms with van der Waals surface area (Å²) in [7, 11) is 1.32. The molecule has 0 heterocycles. The molecule has 0 saturated heterocycles. The van der Waals surface area contributed by atoms with E-state index < -0.39 is 18.1 Å². The summed E-state index contributed by atoms with van der Waals surface area (Å²) in [5.41, 5.74) is 0. The van der Waals surface area contributed by atoms with Gasteiger partial charge in [0.2, 0.25) is 0 Å². The molecule has 1 atom stereocenters. The molecule has 0 radical (unpaired) electrons. The normalized spacial score (nSPS) is 26.3. The number of rotatable bonds is 4.